The van der Waals surface area contributed by atoms with Crippen LogP contribution in [0.2, 0.25) is 0 Å². The molecule has 1 heterocycles. The minimum absolute atomic E-state index is 0.181. The number of piperidine rings is 1. The Kier molecular flexibility index (Phi) is 3.58. The van der Waals surface area contributed by atoms with E-state index in [1.165, 1.54) is 0 Å². The number of anilines is 1. The van der Waals surface area contributed by atoms with Crippen LogP contribution in [0.25, 0.3) is 0 Å². The lowest BCUT2D eigenvalue weighted by Gasteiger charge is -2.32. The van der Waals surface area contributed by atoms with Crippen molar-refractivity contribution in [3.05, 3.63) is 34.4 Å². The first kappa shape index (κ1) is 11.9. The summed E-state index contributed by atoms with van der Waals surface area (Å²) in [5.41, 5.74) is 0.881. The van der Waals surface area contributed by atoms with Crippen LogP contribution in [0.3, 0.4) is 0 Å². The van der Waals surface area contributed by atoms with Crippen molar-refractivity contribution in [1.82, 2.24) is 5.32 Å². The average Bonchev–Trinajstić information content (AvgIpc) is 2.39. The maximum atomic E-state index is 11.0. The molecule has 0 bridgehead atoms. The zero-order valence-corrected chi connectivity index (χ0v) is 9.93. The molecule has 1 atom stereocenters. The van der Waals surface area contributed by atoms with Gasteiger partial charge in [0.15, 0.2) is 0 Å². The van der Waals surface area contributed by atoms with E-state index in [2.05, 4.69) is 5.32 Å². The van der Waals surface area contributed by atoms with Crippen molar-refractivity contribution in [2.45, 2.75) is 18.9 Å². The third-order valence-electron chi connectivity index (χ3n) is 3.28. The molecule has 5 heteroatoms. The molecule has 1 aliphatic heterocycles. The van der Waals surface area contributed by atoms with Gasteiger partial charge in [-0.05, 0) is 25.5 Å². The summed E-state index contributed by atoms with van der Waals surface area (Å²) < 4.78 is 0. The molecule has 1 aliphatic rings. The van der Waals surface area contributed by atoms with E-state index in [0.717, 1.165) is 25.9 Å². The molecule has 0 aromatic heterocycles. The first-order chi connectivity index (χ1) is 8.20. The van der Waals surface area contributed by atoms with E-state index in [-0.39, 0.29) is 10.6 Å². The minimum Gasteiger partial charge on any atom is -0.365 e. The molecular weight excluding hydrogens is 218 g/mol. The second kappa shape index (κ2) is 5.14. The molecule has 1 fully saturated rings. The molecule has 0 radical (unpaired) electrons. The second-order valence-corrected chi connectivity index (χ2v) is 4.36. The van der Waals surface area contributed by atoms with Crippen LogP contribution in [-0.4, -0.2) is 31.1 Å². The predicted molar refractivity (Wildman–Crippen MR) is 67.4 cm³/mol. The third kappa shape index (κ3) is 2.55. The molecule has 17 heavy (non-hydrogen) atoms. The van der Waals surface area contributed by atoms with Crippen LogP contribution in [-0.2, 0) is 0 Å². The molecule has 1 N–H and O–H groups in total. The van der Waals surface area contributed by atoms with Gasteiger partial charge in [0.1, 0.15) is 5.69 Å². The molecule has 0 spiro atoms. The van der Waals surface area contributed by atoms with Crippen LogP contribution in [0, 0.1) is 10.1 Å². The molecule has 2 rings (SSSR count). The number of nitro groups is 1. The summed E-state index contributed by atoms with van der Waals surface area (Å²) in [7, 11) is 1.93. The highest BCUT2D eigenvalue weighted by Gasteiger charge is 2.23. The summed E-state index contributed by atoms with van der Waals surface area (Å²) in [5.74, 6) is 0. The molecule has 1 aromatic rings. The fourth-order valence-corrected chi connectivity index (χ4v) is 2.28. The Morgan fingerprint density at radius 3 is 2.88 bits per heavy atom. The number of nitrogens with zero attached hydrogens (tertiary/aromatic N) is 2. The maximum absolute atomic E-state index is 11.0. The Labute approximate surface area is 101 Å². The van der Waals surface area contributed by atoms with Gasteiger partial charge < -0.3 is 10.2 Å². The highest BCUT2D eigenvalue weighted by Crippen LogP contribution is 2.29. The Hall–Kier alpha value is -1.62. The highest BCUT2D eigenvalue weighted by molar-refractivity contribution is 5.63. The van der Waals surface area contributed by atoms with Gasteiger partial charge in [-0.1, -0.05) is 12.1 Å². The summed E-state index contributed by atoms with van der Waals surface area (Å²) >= 11 is 0. The number of likely N-dealkylation sites (N-methyl/N-ethyl adjacent to an activating group) is 1. The van der Waals surface area contributed by atoms with E-state index in [1.54, 1.807) is 12.1 Å². The summed E-state index contributed by atoms with van der Waals surface area (Å²) in [4.78, 5) is 12.7. The monoisotopic (exact) mass is 235 g/mol. The van der Waals surface area contributed by atoms with E-state index in [0.29, 0.717) is 11.7 Å². The molecule has 0 saturated carbocycles. The van der Waals surface area contributed by atoms with Crippen molar-refractivity contribution in [3.63, 3.8) is 0 Å². The number of nitro benzene ring substituents is 1. The Morgan fingerprint density at radius 2 is 2.24 bits per heavy atom. The van der Waals surface area contributed by atoms with Gasteiger partial charge in [0.2, 0.25) is 0 Å². The Bertz CT molecular complexity index is 402. The van der Waals surface area contributed by atoms with Gasteiger partial charge in [0, 0.05) is 25.7 Å². The third-order valence-corrected chi connectivity index (χ3v) is 3.28. The van der Waals surface area contributed by atoms with E-state index in [9.17, 15) is 10.1 Å². The zero-order chi connectivity index (χ0) is 12.3. The van der Waals surface area contributed by atoms with Gasteiger partial charge in [-0.2, -0.15) is 0 Å². The maximum Gasteiger partial charge on any atom is 0.292 e. The lowest BCUT2D eigenvalue weighted by Crippen LogP contribution is -2.44. The SMILES string of the molecule is CN(c1ccccc1[N+](=O)[O-])C1CCCNC1. The Balaban J connectivity index is 2.23. The Morgan fingerprint density at radius 1 is 1.47 bits per heavy atom. The van der Waals surface area contributed by atoms with Crippen molar-refractivity contribution >= 4 is 11.4 Å². The molecule has 1 unspecified atom stereocenters. The van der Waals surface area contributed by atoms with Gasteiger partial charge in [0.25, 0.3) is 5.69 Å². The van der Waals surface area contributed by atoms with E-state index >= 15 is 0 Å². The summed E-state index contributed by atoms with van der Waals surface area (Å²) in [6, 6.07) is 7.25. The van der Waals surface area contributed by atoms with Crippen molar-refractivity contribution in [2.75, 3.05) is 25.0 Å². The number of hydrogen-bond donors (Lipinski definition) is 1. The van der Waals surface area contributed by atoms with Crippen LogP contribution >= 0.6 is 0 Å². The van der Waals surface area contributed by atoms with Crippen LogP contribution < -0.4 is 10.2 Å². The van der Waals surface area contributed by atoms with Crippen LogP contribution in [0.4, 0.5) is 11.4 Å². The van der Waals surface area contributed by atoms with E-state index in [4.69, 9.17) is 0 Å². The number of benzene rings is 1. The van der Waals surface area contributed by atoms with Gasteiger partial charge in [-0.25, -0.2) is 0 Å². The van der Waals surface area contributed by atoms with E-state index < -0.39 is 0 Å². The zero-order valence-electron chi connectivity index (χ0n) is 9.93. The van der Waals surface area contributed by atoms with Gasteiger partial charge in [0.05, 0.1) is 4.92 Å². The topological polar surface area (TPSA) is 58.4 Å². The minimum atomic E-state index is -0.317. The first-order valence-electron chi connectivity index (χ1n) is 5.87. The second-order valence-electron chi connectivity index (χ2n) is 4.36. The van der Waals surface area contributed by atoms with Crippen LogP contribution in [0.15, 0.2) is 24.3 Å². The molecule has 92 valence electrons. The van der Waals surface area contributed by atoms with Gasteiger partial charge in [-0.15, -0.1) is 0 Å². The molecular formula is C12H17N3O2. The summed E-state index contributed by atoms with van der Waals surface area (Å²) in [6.07, 6.45) is 2.20. The molecule has 0 aliphatic carbocycles. The van der Waals surface area contributed by atoms with Crippen molar-refractivity contribution in [3.8, 4) is 0 Å². The average molecular weight is 235 g/mol. The number of hydrogen-bond acceptors (Lipinski definition) is 4. The lowest BCUT2D eigenvalue weighted by atomic mass is 10.1. The predicted octanol–water partition coefficient (Wildman–Crippen LogP) is 1.78. The normalized spacial score (nSPS) is 19.9. The fraction of sp³-hybridized carbons (Fsp3) is 0.500. The largest absolute Gasteiger partial charge is 0.365 e. The van der Waals surface area contributed by atoms with Crippen molar-refractivity contribution < 1.29 is 4.92 Å². The molecule has 1 saturated heterocycles. The standard InChI is InChI=1S/C12H17N3O2/c1-14(10-5-4-8-13-9-10)11-6-2-3-7-12(11)15(16)17/h2-3,6-7,10,13H,4-5,8-9H2,1H3. The molecule has 0 amide bonds. The smallest absolute Gasteiger partial charge is 0.292 e. The lowest BCUT2D eigenvalue weighted by molar-refractivity contribution is -0.384. The first-order valence-corrected chi connectivity index (χ1v) is 5.87. The fourth-order valence-electron chi connectivity index (χ4n) is 2.28. The molecule has 1 aromatic carbocycles. The number of nitrogens with one attached hydrogen (secondary N) is 1. The van der Waals surface area contributed by atoms with Gasteiger partial charge in [-0.3, -0.25) is 10.1 Å². The summed E-state index contributed by atoms with van der Waals surface area (Å²) in [5, 5.41) is 14.3. The van der Waals surface area contributed by atoms with Crippen molar-refractivity contribution in [1.29, 1.82) is 0 Å². The van der Waals surface area contributed by atoms with Crippen molar-refractivity contribution in [2.24, 2.45) is 0 Å². The molecule has 5 nitrogen and oxygen atoms in total. The summed E-state index contributed by atoms with van der Waals surface area (Å²) in [6.45, 7) is 1.93. The van der Waals surface area contributed by atoms with Gasteiger partial charge >= 0.3 is 0 Å². The number of para-hydroxylation sites is 2. The number of rotatable bonds is 3. The van der Waals surface area contributed by atoms with E-state index in [1.807, 2.05) is 24.1 Å². The van der Waals surface area contributed by atoms with Crippen LogP contribution in [0.5, 0.6) is 0 Å². The highest BCUT2D eigenvalue weighted by atomic mass is 16.6. The quantitative estimate of drug-likeness (QED) is 0.641. The van der Waals surface area contributed by atoms with Crippen LogP contribution in [0.1, 0.15) is 12.8 Å².